The molecule has 0 amide bonds. The molecule has 2 aromatic rings. The Balaban J connectivity index is 2.18. The van der Waals surface area contributed by atoms with Gasteiger partial charge in [-0.1, -0.05) is 12.1 Å². The zero-order valence-corrected chi connectivity index (χ0v) is 11.8. The van der Waals surface area contributed by atoms with Gasteiger partial charge in [-0.2, -0.15) is 0 Å². The third-order valence-corrected chi connectivity index (χ3v) is 3.26. The van der Waals surface area contributed by atoms with Crippen LogP contribution in [0.3, 0.4) is 0 Å². The summed E-state index contributed by atoms with van der Waals surface area (Å²) in [7, 11) is 0. The van der Waals surface area contributed by atoms with Crippen LogP contribution in [0.2, 0.25) is 0 Å². The van der Waals surface area contributed by atoms with Gasteiger partial charge < -0.3 is 15.2 Å². The molecule has 0 atom stereocenters. The van der Waals surface area contributed by atoms with E-state index in [1.165, 1.54) is 0 Å². The lowest BCUT2D eigenvalue weighted by Crippen LogP contribution is -2.07. The predicted octanol–water partition coefficient (Wildman–Crippen LogP) is 2.62. The second-order valence-corrected chi connectivity index (χ2v) is 4.70. The van der Waals surface area contributed by atoms with Crippen molar-refractivity contribution < 1.29 is 9.47 Å². The standard InChI is InChI=1S/C14H18N2O2S/c1-2-17-13-5-3-4-11(6-7-15)14(13)18-8-12-9-19-10-16-12/h3-5,9-10H,2,6-8,15H2,1H3. The summed E-state index contributed by atoms with van der Waals surface area (Å²) in [5, 5.41) is 1.98. The Morgan fingerprint density at radius 3 is 2.89 bits per heavy atom. The van der Waals surface area contributed by atoms with Crippen LogP contribution in [-0.4, -0.2) is 18.1 Å². The van der Waals surface area contributed by atoms with Crippen molar-refractivity contribution in [3.63, 3.8) is 0 Å². The number of nitrogens with zero attached hydrogens (tertiary/aromatic N) is 1. The molecule has 0 fully saturated rings. The van der Waals surface area contributed by atoms with E-state index in [4.69, 9.17) is 15.2 Å². The SMILES string of the molecule is CCOc1cccc(CCN)c1OCc1cscn1. The first kappa shape index (κ1) is 13.8. The van der Waals surface area contributed by atoms with Crippen molar-refractivity contribution in [1.29, 1.82) is 0 Å². The Morgan fingerprint density at radius 2 is 2.21 bits per heavy atom. The van der Waals surface area contributed by atoms with Crippen LogP contribution < -0.4 is 15.2 Å². The molecule has 5 heteroatoms. The number of aromatic nitrogens is 1. The number of hydrogen-bond acceptors (Lipinski definition) is 5. The molecule has 102 valence electrons. The van der Waals surface area contributed by atoms with E-state index in [9.17, 15) is 0 Å². The molecule has 1 aromatic carbocycles. The Morgan fingerprint density at radius 1 is 1.32 bits per heavy atom. The molecule has 0 bridgehead atoms. The summed E-state index contributed by atoms with van der Waals surface area (Å²) < 4.78 is 11.5. The third kappa shape index (κ3) is 3.68. The highest BCUT2D eigenvalue weighted by Gasteiger charge is 2.11. The molecule has 0 aliphatic rings. The molecule has 2 rings (SSSR count). The number of hydrogen-bond donors (Lipinski definition) is 1. The fraction of sp³-hybridized carbons (Fsp3) is 0.357. The summed E-state index contributed by atoms with van der Waals surface area (Å²) in [5.74, 6) is 1.55. The van der Waals surface area contributed by atoms with Gasteiger partial charge in [0.15, 0.2) is 11.5 Å². The topological polar surface area (TPSA) is 57.4 Å². The van der Waals surface area contributed by atoms with E-state index >= 15 is 0 Å². The van der Waals surface area contributed by atoms with Crippen LogP contribution in [0.5, 0.6) is 11.5 Å². The number of rotatable bonds is 7. The highest BCUT2D eigenvalue weighted by molar-refractivity contribution is 7.07. The zero-order chi connectivity index (χ0) is 13.5. The predicted molar refractivity (Wildman–Crippen MR) is 76.8 cm³/mol. The lowest BCUT2D eigenvalue weighted by Gasteiger charge is -2.15. The maximum Gasteiger partial charge on any atom is 0.164 e. The van der Waals surface area contributed by atoms with Gasteiger partial charge in [-0.15, -0.1) is 11.3 Å². The molecule has 19 heavy (non-hydrogen) atoms. The quantitative estimate of drug-likeness (QED) is 0.846. The molecule has 0 aliphatic heterocycles. The first-order valence-electron chi connectivity index (χ1n) is 6.29. The van der Waals surface area contributed by atoms with Gasteiger partial charge in [-0.3, -0.25) is 0 Å². The minimum absolute atomic E-state index is 0.450. The van der Waals surface area contributed by atoms with E-state index < -0.39 is 0 Å². The van der Waals surface area contributed by atoms with Crippen molar-refractivity contribution in [2.75, 3.05) is 13.2 Å². The number of thiazole rings is 1. The van der Waals surface area contributed by atoms with E-state index in [2.05, 4.69) is 4.98 Å². The van der Waals surface area contributed by atoms with Gasteiger partial charge >= 0.3 is 0 Å². The molecule has 0 unspecified atom stereocenters. The number of para-hydroxylation sites is 1. The lowest BCUT2D eigenvalue weighted by molar-refractivity contribution is 0.264. The number of ether oxygens (including phenoxy) is 2. The first-order valence-corrected chi connectivity index (χ1v) is 7.24. The molecular weight excluding hydrogens is 260 g/mol. The van der Waals surface area contributed by atoms with Crippen LogP contribution in [0.4, 0.5) is 0 Å². The van der Waals surface area contributed by atoms with E-state index in [1.54, 1.807) is 16.8 Å². The van der Waals surface area contributed by atoms with Crippen molar-refractivity contribution >= 4 is 11.3 Å². The molecule has 0 radical (unpaired) electrons. The Kier molecular flexibility index (Phi) is 5.18. The van der Waals surface area contributed by atoms with Gasteiger partial charge in [0.2, 0.25) is 0 Å². The molecule has 0 aliphatic carbocycles. The van der Waals surface area contributed by atoms with Gasteiger partial charge in [0.05, 0.1) is 17.8 Å². The zero-order valence-electron chi connectivity index (χ0n) is 11.0. The largest absolute Gasteiger partial charge is 0.490 e. The normalized spacial score (nSPS) is 10.4. The van der Waals surface area contributed by atoms with Crippen molar-refractivity contribution in [2.24, 2.45) is 5.73 Å². The Hall–Kier alpha value is -1.59. The fourth-order valence-electron chi connectivity index (χ4n) is 1.80. The van der Waals surface area contributed by atoms with Crippen molar-refractivity contribution in [2.45, 2.75) is 20.0 Å². The van der Waals surface area contributed by atoms with Gasteiger partial charge in [0, 0.05) is 5.38 Å². The lowest BCUT2D eigenvalue weighted by atomic mass is 10.1. The van der Waals surface area contributed by atoms with Crippen LogP contribution in [0.25, 0.3) is 0 Å². The van der Waals surface area contributed by atoms with Gasteiger partial charge in [0.25, 0.3) is 0 Å². The summed E-state index contributed by atoms with van der Waals surface area (Å²) in [6.07, 6.45) is 0.771. The van der Waals surface area contributed by atoms with E-state index in [0.717, 1.165) is 29.2 Å². The maximum atomic E-state index is 5.88. The van der Waals surface area contributed by atoms with Crippen molar-refractivity contribution in [1.82, 2.24) is 4.98 Å². The maximum absolute atomic E-state index is 5.88. The monoisotopic (exact) mass is 278 g/mol. The molecule has 1 aromatic heterocycles. The minimum Gasteiger partial charge on any atom is -0.490 e. The fourth-order valence-corrected chi connectivity index (χ4v) is 2.34. The average Bonchev–Trinajstić information content (AvgIpc) is 2.92. The summed E-state index contributed by atoms with van der Waals surface area (Å²) in [6.45, 7) is 3.60. The van der Waals surface area contributed by atoms with Crippen LogP contribution in [-0.2, 0) is 13.0 Å². The summed E-state index contributed by atoms with van der Waals surface area (Å²) >= 11 is 1.56. The van der Waals surface area contributed by atoms with Gasteiger partial charge in [-0.05, 0) is 31.5 Å². The molecule has 0 saturated carbocycles. The molecular formula is C14H18N2O2S. The number of nitrogens with two attached hydrogens (primary N) is 1. The van der Waals surface area contributed by atoms with E-state index in [-0.39, 0.29) is 0 Å². The van der Waals surface area contributed by atoms with Gasteiger partial charge in [0.1, 0.15) is 6.61 Å². The van der Waals surface area contributed by atoms with E-state index in [1.807, 2.05) is 30.5 Å². The van der Waals surface area contributed by atoms with Crippen LogP contribution in [0.15, 0.2) is 29.1 Å². The summed E-state index contributed by atoms with van der Waals surface area (Å²) in [6, 6.07) is 5.90. The average molecular weight is 278 g/mol. The highest BCUT2D eigenvalue weighted by atomic mass is 32.1. The first-order chi connectivity index (χ1) is 9.35. The second-order valence-electron chi connectivity index (χ2n) is 3.98. The van der Waals surface area contributed by atoms with E-state index in [0.29, 0.717) is 19.8 Å². The minimum atomic E-state index is 0.450. The summed E-state index contributed by atoms with van der Waals surface area (Å²) in [5.41, 5.74) is 9.44. The van der Waals surface area contributed by atoms with Crippen molar-refractivity contribution in [3.05, 3.63) is 40.3 Å². The second kappa shape index (κ2) is 7.11. The third-order valence-electron chi connectivity index (χ3n) is 2.62. The van der Waals surface area contributed by atoms with Crippen LogP contribution >= 0.6 is 11.3 Å². The Bertz CT molecular complexity index is 476. The van der Waals surface area contributed by atoms with Crippen LogP contribution in [0.1, 0.15) is 18.2 Å². The summed E-state index contributed by atoms with van der Waals surface area (Å²) in [4.78, 5) is 4.21. The number of benzene rings is 1. The molecule has 2 N–H and O–H groups in total. The van der Waals surface area contributed by atoms with Crippen molar-refractivity contribution in [3.8, 4) is 11.5 Å². The molecule has 1 heterocycles. The van der Waals surface area contributed by atoms with Crippen LogP contribution in [0, 0.1) is 0 Å². The smallest absolute Gasteiger partial charge is 0.164 e. The molecule has 4 nitrogen and oxygen atoms in total. The Labute approximate surface area is 117 Å². The molecule has 0 saturated heterocycles. The molecule has 0 spiro atoms. The highest BCUT2D eigenvalue weighted by Crippen LogP contribution is 2.32. The van der Waals surface area contributed by atoms with Gasteiger partial charge in [-0.25, -0.2) is 4.98 Å².